The van der Waals surface area contributed by atoms with Crippen LogP contribution in [-0.2, 0) is 0 Å². The average molecular weight is 422 g/mol. The highest BCUT2D eigenvalue weighted by atomic mass is 127. The van der Waals surface area contributed by atoms with E-state index in [1.54, 1.807) is 0 Å². The van der Waals surface area contributed by atoms with Crippen LogP contribution in [-0.4, -0.2) is 31.4 Å². The van der Waals surface area contributed by atoms with E-state index < -0.39 is 0 Å². The van der Waals surface area contributed by atoms with Gasteiger partial charge < -0.3 is 0 Å². The number of halogens is 2. The molecule has 0 aromatic heterocycles. The monoisotopic (exact) mass is 422 g/mol. The van der Waals surface area contributed by atoms with Gasteiger partial charge in [-0.2, -0.15) is 0 Å². The fourth-order valence-corrected chi connectivity index (χ4v) is 3.51. The number of rotatable bonds is 4. The van der Waals surface area contributed by atoms with E-state index in [1.165, 1.54) is 25.7 Å². The Hall–Kier alpha value is 1.38. The normalized spacial score (nSPS) is 28.7. The summed E-state index contributed by atoms with van der Waals surface area (Å²) in [6.07, 6.45) is 5.58. The molecule has 2 atom stereocenters. The maximum atomic E-state index is 2.49. The highest BCUT2D eigenvalue weighted by Gasteiger charge is 2.31. The quantitative estimate of drug-likeness (QED) is 0.505. The molecule has 1 saturated carbocycles. The maximum absolute atomic E-state index is 2.49. The second-order valence-corrected chi connectivity index (χ2v) is 6.33. The van der Waals surface area contributed by atoms with E-state index in [0.29, 0.717) is 0 Å². The van der Waals surface area contributed by atoms with Gasteiger partial charge in [0.25, 0.3) is 0 Å². The molecule has 0 radical (unpaired) electrons. The van der Waals surface area contributed by atoms with Crippen LogP contribution in [0.2, 0.25) is 0 Å². The van der Waals surface area contributed by atoms with Gasteiger partial charge in [0.05, 0.1) is 0 Å². The predicted molar refractivity (Wildman–Crippen MR) is 78.8 cm³/mol. The third kappa shape index (κ3) is 3.45. The van der Waals surface area contributed by atoms with E-state index in [4.69, 9.17) is 0 Å². The topological polar surface area (TPSA) is 6.48 Å². The Kier molecular flexibility index (Phi) is 6.58. The fourth-order valence-electron chi connectivity index (χ4n) is 2.21. The van der Waals surface area contributed by atoms with E-state index in [2.05, 4.69) is 65.8 Å². The molecule has 1 fully saturated rings. The van der Waals surface area contributed by atoms with Gasteiger partial charge in [0.15, 0.2) is 0 Å². The van der Waals surface area contributed by atoms with E-state index >= 15 is 0 Å². The molecule has 0 aliphatic heterocycles. The summed E-state index contributed by atoms with van der Waals surface area (Å²) in [5.41, 5.74) is 0. The van der Waals surface area contributed by atoms with Crippen LogP contribution in [0.5, 0.6) is 0 Å². The molecule has 0 aromatic carbocycles. The standard InChI is InChI=1S/C10H20I2N2/c1-3-13(11)9-7-5-6-8-10(9)14(12)4-2/h9-10H,3-8H2,1-2H3. The van der Waals surface area contributed by atoms with Gasteiger partial charge in [0.2, 0.25) is 0 Å². The Labute approximate surface area is 116 Å². The van der Waals surface area contributed by atoms with Crippen molar-refractivity contribution in [2.75, 3.05) is 13.1 Å². The first-order valence-corrected chi connectivity index (χ1v) is 7.48. The summed E-state index contributed by atoms with van der Waals surface area (Å²) in [7, 11) is 0. The minimum Gasteiger partial charge on any atom is -0.243 e. The van der Waals surface area contributed by atoms with Crippen LogP contribution in [0.25, 0.3) is 0 Å². The molecule has 1 aliphatic rings. The molecule has 0 spiro atoms. The van der Waals surface area contributed by atoms with Gasteiger partial charge in [0.1, 0.15) is 0 Å². The van der Waals surface area contributed by atoms with Crippen molar-refractivity contribution in [1.29, 1.82) is 0 Å². The van der Waals surface area contributed by atoms with E-state index in [1.807, 2.05) is 0 Å². The van der Waals surface area contributed by atoms with Gasteiger partial charge in [-0.1, -0.05) is 26.7 Å². The molecule has 0 saturated heterocycles. The van der Waals surface area contributed by atoms with Crippen LogP contribution >= 0.6 is 45.7 Å². The first kappa shape index (κ1) is 13.4. The number of hydrogen-bond acceptors (Lipinski definition) is 2. The molecule has 0 amide bonds. The largest absolute Gasteiger partial charge is 0.243 e. The molecule has 0 N–H and O–H groups in total. The van der Waals surface area contributed by atoms with Gasteiger partial charge in [-0.05, 0) is 12.8 Å². The van der Waals surface area contributed by atoms with Crippen LogP contribution in [0, 0.1) is 0 Å². The lowest BCUT2D eigenvalue weighted by atomic mass is 9.90. The summed E-state index contributed by atoms with van der Waals surface area (Å²) in [5.74, 6) is 0. The third-order valence-electron chi connectivity index (χ3n) is 3.02. The second kappa shape index (κ2) is 6.85. The Morgan fingerprint density at radius 3 is 1.57 bits per heavy atom. The van der Waals surface area contributed by atoms with Crippen LogP contribution in [0.1, 0.15) is 39.5 Å². The third-order valence-corrected chi connectivity index (χ3v) is 5.81. The number of likely N-dealkylation sites (N-methyl/N-ethyl adjacent to an activating group) is 2. The first-order chi connectivity index (χ1) is 6.70. The molecule has 0 bridgehead atoms. The first-order valence-electron chi connectivity index (χ1n) is 5.55. The zero-order valence-electron chi connectivity index (χ0n) is 9.05. The molecule has 0 heterocycles. The highest BCUT2D eigenvalue weighted by Crippen LogP contribution is 2.30. The van der Waals surface area contributed by atoms with Crippen LogP contribution < -0.4 is 0 Å². The molecule has 2 nitrogen and oxygen atoms in total. The minimum atomic E-state index is 0.770. The molecular formula is C10H20I2N2. The van der Waals surface area contributed by atoms with Gasteiger partial charge in [-0.3, -0.25) is 0 Å². The molecule has 0 aromatic rings. The Balaban J connectivity index is 2.58. The molecular weight excluding hydrogens is 402 g/mol. The zero-order valence-corrected chi connectivity index (χ0v) is 13.4. The van der Waals surface area contributed by atoms with Crippen LogP contribution in [0.15, 0.2) is 0 Å². The predicted octanol–water partition coefficient (Wildman–Crippen LogP) is 3.64. The molecule has 1 aliphatic carbocycles. The van der Waals surface area contributed by atoms with Crippen molar-refractivity contribution >= 4 is 45.7 Å². The van der Waals surface area contributed by atoms with Crippen LogP contribution in [0.4, 0.5) is 0 Å². The molecule has 14 heavy (non-hydrogen) atoms. The number of nitrogens with zero attached hydrogens (tertiary/aromatic N) is 2. The maximum Gasteiger partial charge on any atom is 0.0357 e. The Bertz CT molecular complexity index is 148. The van der Waals surface area contributed by atoms with Gasteiger partial charge >= 0.3 is 0 Å². The smallest absolute Gasteiger partial charge is 0.0357 e. The lowest BCUT2D eigenvalue weighted by Gasteiger charge is -2.39. The summed E-state index contributed by atoms with van der Waals surface area (Å²) < 4.78 is 4.98. The summed E-state index contributed by atoms with van der Waals surface area (Å²) in [5, 5.41) is 0. The van der Waals surface area contributed by atoms with Crippen molar-refractivity contribution in [3.05, 3.63) is 0 Å². The van der Waals surface area contributed by atoms with Crippen molar-refractivity contribution in [2.45, 2.75) is 51.6 Å². The molecule has 1 rings (SSSR count). The molecule has 4 heteroatoms. The average Bonchev–Trinajstić information content (AvgIpc) is 2.27. The summed E-state index contributed by atoms with van der Waals surface area (Å²) >= 11 is 4.99. The van der Waals surface area contributed by atoms with Gasteiger partial charge in [-0.15, -0.1) is 0 Å². The minimum absolute atomic E-state index is 0.770. The lowest BCUT2D eigenvalue weighted by Crippen LogP contribution is -2.47. The van der Waals surface area contributed by atoms with Crippen molar-refractivity contribution in [3.8, 4) is 0 Å². The van der Waals surface area contributed by atoms with Crippen molar-refractivity contribution in [3.63, 3.8) is 0 Å². The summed E-state index contributed by atoms with van der Waals surface area (Å²) in [4.78, 5) is 0. The van der Waals surface area contributed by atoms with E-state index in [9.17, 15) is 0 Å². The van der Waals surface area contributed by atoms with Crippen molar-refractivity contribution in [2.24, 2.45) is 0 Å². The molecule has 84 valence electrons. The fraction of sp³-hybridized carbons (Fsp3) is 1.00. The number of hydrogen-bond donors (Lipinski definition) is 0. The lowest BCUT2D eigenvalue weighted by molar-refractivity contribution is 0.189. The van der Waals surface area contributed by atoms with Crippen molar-refractivity contribution < 1.29 is 0 Å². The Morgan fingerprint density at radius 2 is 1.29 bits per heavy atom. The highest BCUT2D eigenvalue weighted by molar-refractivity contribution is 14.1. The van der Waals surface area contributed by atoms with Crippen LogP contribution in [0.3, 0.4) is 0 Å². The van der Waals surface area contributed by atoms with E-state index in [0.717, 1.165) is 25.2 Å². The van der Waals surface area contributed by atoms with Gasteiger partial charge in [-0.25, -0.2) is 6.23 Å². The van der Waals surface area contributed by atoms with E-state index in [-0.39, 0.29) is 0 Å². The second-order valence-electron chi connectivity index (χ2n) is 3.85. The summed E-state index contributed by atoms with van der Waals surface area (Å²) in [6.45, 7) is 6.83. The Morgan fingerprint density at radius 1 is 0.929 bits per heavy atom. The zero-order chi connectivity index (χ0) is 10.6. The molecule has 2 unspecified atom stereocenters. The SMILES string of the molecule is CCN(I)C1CCCCC1N(I)CC. The summed E-state index contributed by atoms with van der Waals surface area (Å²) in [6, 6.07) is 1.54. The van der Waals surface area contributed by atoms with Gasteiger partial charge in [0, 0.05) is 70.9 Å². The van der Waals surface area contributed by atoms with Crippen molar-refractivity contribution in [1.82, 2.24) is 6.23 Å².